The third-order valence-electron chi connectivity index (χ3n) is 4.67. The summed E-state index contributed by atoms with van der Waals surface area (Å²) in [4.78, 5) is 5.13. The zero-order chi connectivity index (χ0) is 16.2. The highest BCUT2D eigenvalue weighted by molar-refractivity contribution is 4.78. The van der Waals surface area contributed by atoms with Gasteiger partial charge in [0.05, 0.1) is 6.67 Å². The Bertz CT molecular complexity index is 379. The molecule has 23 heavy (non-hydrogen) atoms. The van der Waals surface area contributed by atoms with E-state index in [-0.39, 0.29) is 0 Å². The van der Waals surface area contributed by atoms with Crippen molar-refractivity contribution in [2.24, 2.45) is 0 Å². The quantitative estimate of drug-likeness (QED) is 0.709. The van der Waals surface area contributed by atoms with Gasteiger partial charge in [0.1, 0.15) is 0 Å². The van der Waals surface area contributed by atoms with Crippen molar-refractivity contribution in [2.75, 3.05) is 45.8 Å². The zero-order valence-corrected chi connectivity index (χ0v) is 14.9. The minimum Gasteiger partial charge on any atom is -0.314 e. The molecule has 0 bridgehead atoms. The van der Waals surface area contributed by atoms with Crippen LogP contribution in [0.2, 0.25) is 0 Å². The summed E-state index contributed by atoms with van der Waals surface area (Å²) in [6, 6.07) is 2.00. The van der Waals surface area contributed by atoms with Crippen LogP contribution in [0.25, 0.3) is 0 Å². The van der Waals surface area contributed by atoms with E-state index in [4.69, 9.17) is 0 Å². The van der Waals surface area contributed by atoms with Crippen LogP contribution in [-0.4, -0.2) is 65.4 Å². The lowest BCUT2D eigenvalue weighted by Crippen LogP contribution is -2.37. The van der Waals surface area contributed by atoms with Crippen LogP contribution in [0.3, 0.4) is 0 Å². The monoisotopic (exact) mass is 321 g/mol. The van der Waals surface area contributed by atoms with Crippen LogP contribution >= 0.6 is 0 Å². The second-order valence-corrected chi connectivity index (χ2v) is 6.66. The Balaban J connectivity index is 1.67. The van der Waals surface area contributed by atoms with Crippen molar-refractivity contribution in [2.45, 2.75) is 52.1 Å². The van der Waals surface area contributed by atoms with E-state index in [9.17, 15) is 0 Å². The Hall–Kier alpha value is -0.910. The molecular formula is C18H35N5. The Morgan fingerprint density at radius 3 is 2.43 bits per heavy atom. The molecule has 1 saturated heterocycles. The summed E-state index contributed by atoms with van der Waals surface area (Å²) < 4.78 is 2.02. The van der Waals surface area contributed by atoms with Gasteiger partial charge in [-0.2, -0.15) is 5.10 Å². The van der Waals surface area contributed by atoms with Crippen molar-refractivity contribution < 1.29 is 0 Å². The first-order valence-corrected chi connectivity index (χ1v) is 9.51. The molecule has 5 nitrogen and oxygen atoms in total. The molecule has 1 aliphatic heterocycles. The van der Waals surface area contributed by atoms with Gasteiger partial charge >= 0.3 is 0 Å². The lowest BCUT2D eigenvalue weighted by Gasteiger charge is -2.25. The lowest BCUT2D eigenvalue weighted by molar-refractivity contribution is 0.178. The van der Waals surface area contributed by atoms with E-state index >= 15 is 0 Å². The maximum absolute atomic E-state index is 4.33. The molecule has 1 N–H and O–H groups in total. The van der Waals surface area contributed by atoms with E-state index in [1.165, 1.54) is 58.2 Å². The highest BCUT2D eigenvalue weighted by Crippen LogP contribution is 2.06. The van der Waals surface area contributed by atoms with Gasteiger partial charge in [-0.05, 0) is 19.0 Å². The van der Waals surface area contributed by atoms with Crippen molar-refractivity contribution >= 4 is 0 Å². The van der Waals surface area contributed by atoms with Gasteiger partial charge in [-0.3, -0.25) is 9.58 Å². The largest absolute Gasteiger partial charge is 0.314 e. The first kappa shape index (κ1) is 18.4. The molecule has 0 aliphatic carbocycles. The average Bonchev–Trinajstić information content (AvgIpc) is 3.09. The molecule has 0 atom stereocenters. The van der Waals surface area contributed by atoms with Crippen molar-refractivity contribution in [1.82, 2.24) is 24.9 Å². The molecule has 1 fully saturated rings. The second kappa shape index (κ2) is 11.6. The first-order valence-electron chi connectivity index (χ1n) is 9.51. The molecule has 2 heterocycles. The molecule has 132 valence electrons. The van der Waals surface area contributed by atoms with Crippen LogP contribution < -0.4 is 5.32 Å². The number of unbranched alkanes of at least 4 members (excludes halogenated alkanes) is 5. The van der Waals surface area contributed by atoms with Crippen molar-refractivity contribution in [3.63, 3.8) is 0 Å². The van der Waals surface area contributed by atoms with Crippen molar-refractivity contribution in [1.29, 1.82) is 0 Å². The summed E-state index contributed by atoms with van der Waals surface area (Å²) in [5.74, 6) is 0. The van der Waals surface area contributed by atoms with Gasteiger partial charge in [0.2, 0.25) is 0 Å². The van der Waals surface area contributed by atoms with E-state index in [1.807, 2.05) is 23.1 Å². The van der Waals surface area contributed by atoms with Crippen LogP contribution in [0.1, 0.15) is 45.4 Å². The Kier molecular flexibility index (Phi) is 9.29. The summed E-state index contributed by atoms with van der Waals surface area (Å²) in [6.07, 6.45) is 12.2. The molecule has 1 aromatic heterocycles. The predicted octanol–water partition coefficient (Wildman–Crippen LogP) is 2.41. The fourth-order valence-electron chi connectivity index (χ4n) is 3.18. The molecule has 1 aromatic rings. The van der Waals surface area contributed by atoms with E-state index in [0.717, 1.165) is 32.8 Å². The van der Waals surface area contributed by atoms with Gasteiger partial charge < -0.3 is 10.2 Å². The first-order chi connectivity index (χ1) is 11.4. The fraction of sp³-hybridized carbons (Fsp3) is 0.833. The molecule has 2 rings (SSSR count). The maximum Gasteiger partial charge on any atom is 0.0929 e. The number of rotatable bonds is 9. The normalized spacial score (nSPS) is 18.5. The summed E-state index contributed by atoms with van der Waals surface area (Å²) in [5, 5.41) is 7.91. The number of aromatic nitrogens is 2. The third kappa shape index (κ3) is 7.95. The van der Waals surface area contributed by atoms with Crippen LogP contribution in [0.5, 0.6) is 0 Å². The van der Waals surface area contributed by atoms with Gasteiger partial charge in [-0.1, -0.05) is 39.0 Å². The van der Waals surface area contributed by atoms with Crippen molar-refractivity contribution in [3.8, 4) is 0 Å². The standard InChI is InChI=1S/C18H35N5/c1-2-3-4-5-6-7-12-21-14-10-19-11-15-22(17-16-21)18-23-13-8-9-20-23/h8-9,13,19H,2-7,10-12,14-18H2,1H3. The molecule has 0 radical (unpaired) electrons. The number of hydrogen-bond acceptors (Lipinski definition) is 4. The minimum absolute atomic E-state index is 0.902. The average molecular weight is 322 g/mol. The van der Waals surface area contributed by atoms with E-state index in [0.29, 0.717) is 0 Å². The third-order valence-corrected chi connectivity index (χ3v) is 4.67. The smallest absolute Gasteiger partial charge is 0.0929 e. The van der Waals surface area contributed by atoms with Gasteiger partial charge in [0.15, 0.2) is 0 Å². The number of hydrogen-bond donors (Lipinski definition) is 1. The molecule has 0 unspecified atom stereocenters. The Morgan fingerprint density at radius 1 is 0.913 bits per heavy atom. The minimum atomic E-state index is 0.902. The van der Waals surface area contributed by atoms with Crippen LogP contribution in [0.4, 0.5) is 0 Å². The van der Waals surface area contributed by atoms with Gasteiger partial charge in [-0.25, -0.2) is 0 Å². The van der Waals surface area contributed by atoms with Crippen LogP contribution in [-0.2, 0) is 6.67 Å². The molecule has 5 heteroatoms. The van der Waals surface area contributed by atoms with Crippen LogP contribution in [0.15, 0.2) is 18.5 Å². The summed E-state index contributed by atoms with van der Waals surface area (Å²) in [7, 11) is 0. The molecule has 1 aliphatic rings. The maximum atomic E-state index is 4.33. The van der Waals surface area contributed by atoms with E-state index < -0.39 is 0 Å². The summed E-state index contributed by atoms with van der Waals surface area (Å²) in [6.45, 7) is 11.2. The fourth-order valence-corrected chi connectivity index (χ4v) is 3.18. The Labute approximate surface area is 142 Å². The topological polar surface area (TPSA) is 36.3 Å². The summed E-state index contributed by atoms with van der Waals surface area (Å²) in [5.41, 5.74) is 0. The number of nitrogens with zero attached hydrogens (tertiary/aromatic N) is 4. The predicted molar refractivity (Wildman–Crippen MR) is 96.5 cm³/mol. The molecule has 0 aromatic carbocycles. The number of nitrogens with one attached hydrogen (secondary N) is 1. The molecule has 0 amide bonds. The highest BCUT2D eigenvalue weighted by atomic mass is 15.4. The molecular weight excluding hydrogens is 286 g/mol. The van der Waals surface area contributed by atoms with Gasteiger partial charge in [0, 0.05) is 51.7 Å². The lowest BCUT2D eigenvalue weighted by atomic mass is 10.1. The molecule has 0 saturated carbocycles. The summed E-state index contributed by atoms with van der Waals surface area (Å²) >= 11 is 0. The Morgan fingerprint density at radius 2 is 1.65 bits per heavy atom. The zero-order valence-electron chi connectivity index (χ0n) is 14.9. The van der Waals surface area contributed by atoms with Crippen molar-refractivity contribution in [3.05, 3.63) is 18.5 Å². The van der Waals surface area contributed by atoms with Gasteiger partial charge in [0.25, 0.3) is 0 Å². The van der Waals surface area contributed by atoms with Gasteiger partial charge in [-0.15, -0.1) is 0 Å². The SMILES string of the molecule is CCCCCCCCN1CCNCCN(Cn2cccn2)CC1. The highest BCUT2D eigenvalue weighted by Gasteiger charge is 2.12. The van der Waals surface area contributed by atoms with E-state index in [1.54, 1.807) is 0 Å². The second-order valence-electron chi connectivity index (χ2n) is 6.66. The molecule has 0 spiro atoms. The van der Waals surface area contributed by atoms with Crippen LogP contribution in [0, 0.1) is 0 Å². The van der Waals surface area contributed by atoms with E-state index in [2.05, 4.69) is 27.1 Å².